The third-order valence-electron chi connectivity index (χ3n) is 1.20. The molecule has 0 atom stereocenters. The number of hydrogen-bond donors (Lipinski definition) is 0. The van der Waals surface area contributed by atoms with Crippen LogP contribution in [0.3, 0.4) is 0 Å². The summed E-state index contributed by atoms with van der Waals surface area (Å²) < 4.78 is 6.08. The van der Waals surface area contributed by atoms with Crippen LogP contribution in [0.25, 0.3) is 0 Å². The highest BCUT2D eigenvalue weighted by Gasteiger charge is 2.00. The lowest BCUT2D eigenvalue weighted by Crippen LogP contribution is -1.93. The van der Waals surface area contributed by atoms with E-state index in [9.17, 15) is 0 Å². The molecule has 0 radical (unpaired) electrons. The Morgan fingerprint density at radius 2 is 2.33 bits per heavy atom. The van der Waals surface area contributed by atoms with E-state index in [0.717, 1.165) is 4.47 Å². The topological polar surface area (TPSA) is 9.23 Å². The third kappa shape index (κ3) is 2.44. The third-order valence-corrected chi connectivity index (χ3v) is 2.01. The molecule has 0 saturated heterocycles. The molecule has 0 saturated carbocycles. The molecule has 0 unspecified atom stereocenters. The Kier molecular flexibility index (Phi) is 3.46. The molecule has 0 fully saturated rings. The van der Waals surface area contributed by atoms with Crippen molar-refractivity contribution in [1.29, 1.82) is 0 Å². The molecule has 1 aromatic carbocycles. The SMILES string of the molecule is C#CCOc1cc(Br)ccc1Cl. The van der Waals surface area contributed by atoms with Gasteiger partial charge in [-0.25, -0.2) is 0 Å². The van der Waals surface area contributed by atoms with Crippen LogP contribution in [0, 0.1) is 12.3 Å². The summed E-state index contributed by atoms with van der Waals surface area (Å²) in [4.78, 5) is 0. The van der Waals surface area contributed by atoms with Gasteiger partial charge in [0.1, 0.15) is 12.4 Å². The highest BCUT2D eigenvalue weighted by molar-refractivity contribution is 9.10. The summed E-state index contributed by atoms with van der Waals surface area (Å²) >= 11 is 9.12. The highest BCUT2D eigenvalue weighted by atomic mass is 79.9. The fourth-order valence-electron chi connectivity index (χ4n) is 0.707. The molecule has 0 spiro atoms. The van der Waals surface area contributed by atoms with Crippen LogP contribution in [-0.4, -0.2) is 6.61 Å². The highest BCUT2D eigenvalue weighted by Crippen LogP contribution is 2.27. The maximum absolute atomic E-state index is 5.82. The molecule has 0 aliphatic carbocycles. The molecule has 0 bridgehead atoms. The van der Waals surface area contributed by atoms with Crippen LogP contribution in [0.1, 0.15) is 0 Å². The first kappa shape index (κ1) is 9.44. The summed E-state index contributed by atoms with van der Waals surface area (Å²) in [5, 5.41) is 0.563. The number of terminal acetylenes is 1. The van der Waals surface area contributed by atoms with Crippen molar-refractivity contribution in [1.82, 2.24) is 0 Å². The molecule has 0 N–H and O–H groups in total. The van der Waals surface area contributed by atoms with Gasteiger partial charge in [-0.15, -0.1) is 6.42 Å². The summed E-state index contributed by atoms with van der Waals surface area (Å²) in [5.74, 6) is 2.97. The minimum Gasteiger partial charge on any atom is -0.479 e. The van der Waals surface area contributed by atoms with E-state index < -0.39 is 0 Å². The molecule has 1 rings (SSSR count). The van der Waals surface area contributed by atoms with E-state index in [0.29, 0.717) is 10.8 Å². The maximum Gasteiger partial charge on any atom is 0.148 e. The van der Waals surface area contributed by atoms with Gasteiger partial charge in [-0.05, 0) is 18.2 Å². The Balaban J connectivity index is 2.84. The normalized spacial score (nSPS) is 9.08. The van der Waals surface area contributed by atoms with E-state index >= 15 is 0 Å². The fourth-order valence-corrected chi connectivity index (χ4v) is 1.22. The van der Waals surface area contributed by atoms with Crippen LogP contribution in [0.15, 0.2) is 22.7 Å². The van der Waals surface area contributed by atoms with Gasteiger partial charge in [0.25, 0.3) is 0 Å². The van der Waals surface area contributed by atoms with Gasteiger partial charge in [0, 0.05) is 4.47 Å². The van der Waals surface area contributed by atoms with Crippen molar-refractivity contribution < 1.29 is 4.74 Å². The van der Waals surface area contributed by atoms with Gasteiger partial charge in [-0.1, -0.05) is 33.5 Å². The average molecular weight is 246 g/mol. The second-order valence-electron chi connectivity index (χ2n) is 2.07. The van der Waals surface area contributed by atoms with Crippen molar-refractivity contribution in [2.75, 3.05) is 6.61 Å². The number of halogens is 2. The minimum atomic E-state index is 0.232. The van der Waals surface area contributed by atoms with E-state index in [1.54, 1.807) is 12.1 Å². The van der Waals surface area contributed by atoms with Gasteiger partial charge in [0.2, 0.25) is 0 Å². The van der Waals surface area contributed by atoms with Gasteiger partial charge in [-0.3, -0.25) is 0 Å². The second-order valence-corrected chi connectivity index (χ2v) is 3.39. The van der Waals surface area contributed by atoms with Crippen LogP contribution >= 0.6 is 27.5 Å². The minimum absolute atomic E-state index is 0.232. The molecule has 62 valence electrons. The zero-order valence-corrected chi connectivity index (χ0v) is 8.52. The summed E-state index contributed by atoms with van der Waals surface area (Å²) in [6.45, 7) is 0.232. The van der Waals surface area contributed by atoms with Crippen LogP contribution < -0.4 is 4.74 Å². The molecule has 12 heavy (non-hydrogen) atoms. The first-order valence-corrected chi connectivity index (χ1v) is 4.42. The van der Waals surface area contributed by atoms with E-state index in [1.165, 1.54) is 0 Å². The predicted molar refractivity (Wildman–Crippen MR) is 53.5 cm³/mol. The molecule has 0 heterocycles. The van der Waals surface area contributed by atoms with Crippen molar-refractivity contribution in [3.05, 3.63) is 27.7 Å². The molecule has 3 heteroatoms. The second kappa shape index (κ2) is 4.39. The zero-order valence-electron chi connectivity index (χ0n) is 6.18. The lowest BCUT2D eigenvalue weighted by molar-refractivity contribution is 0.370. The molecular weight excluding hydrogens is 239 g/mol. The first-order chi connectivity index (χ1) is 5.74. The van der Waals surface area contributed by atoms with Crippen molar-refractivity contribution >= 4 is 27.5 Å². The van der Waals surface area contributed by atoms with Crippen molar-refractivity contribution in [2.45, 2.75) is 0 Å². The standard InChI is InChI=1S/C9H6BrClO/c1-2-5-12-9-6-7(10)3-4-8(9)11/h1,3-4,6H,5H2. The summed E-state index contributed by atoms with van der Waals surface area (Å²) in [6.07, 6.45) is 5.03. The quantitative estimate of drug-likeness (QED) is 0.728. The first-order valence-electron chi connectivity index (χ1n) is 3.25. The number of benzene rings is 1. The molecule has 0 aliphatic rings. The largest absolute Gasteiger partial charge is 0.479 e. The monoisotopic (exact) mass is 244 g/mol. The summed E-state index contributed by atoms with van der Waals surface area (Å²) in [6, 6.07) is 5.36. The Morgan fingerprint density at radius 1 is 1.58 bits per heavy atom. The molecule has 0 amide bonds. The summed E-state index contributed by atoms with van der Waals surface area (Å²) in [5.41, 5.74) is 0. The number of hydrogen-bond acceptors (Lipinski definition) is 1. The van der Waals surface area contributed by atoms with Gasteiger partial charge >= 0.3 is 0 Å². The van der Waals surface area contributed by atoms with Crippen LogP contribution in [0.2, 0.25) is 5.02 Å². The van der Waals surface area contributed by atoms with Crippen molar-refractivity contribution in [3.63, 3.8) is 0 Å². The predicted octanol–water partition coefficient (Wildman–Crippen LogP) is 3.11. The Labute approximate surface area is 84.8 Å². The Morgan fingerprint density at radius 3 is 3.00 bits per heavy atom. The zero-order chi connectivity index (χ0) is 8.97. The Hall–Kier alpha value is -0.650. The lowest BCUT2D eigenvalue weighted by atomic mass is 10.3. The Bertz CT molecular complexity index is 317. The van der Waals surface area contributed by atoms with Crippen LogP contribution in [-0.2, 0) is 0 Å². The van der Waals surface area contributed by atoms with Gasteiger partial charge in [0.05, 0.1) is 5.02 Å². The van der Waals surface area contributed by atoms with E-state index in [1.807, 2.05) is 6.07 Å². The van der Waals surface area contributed by atoms with Crippen molar-refractivity contribution in [2.24, 2.45) is 0 Å². The van der Waals surface area contributed by atoms with Crippen LogP contribution in [0.5, 0.6) is 5.75 Å². The van der Waals surface area contributed by atoms with Crippen molar-refractivity contribution in [3.8, 4) is 18.1 Å². The molecular formula is C9H6BrClO. The van der Waals surface area contributed by atoms with Crippen LogP contribution in [0.4, 0.5) is 0 Å². The fraction of sp³-hybridized carbons (Fsp3) is 0.111. The molecule has 1 aromatic rings. The van der Waals surface area contributed by atoms with E-state index in [2.05, 4.69) is 21.9 Å². The number of ether oxygens (including phenoxy) is 1. The maximum atomic E-state index is 5.82. The lowest BCUT2D eigenvalue weighted by Gasteiger charge is -2.04. The van der Waals surface area contributed by atoms with E-state index in [-0.39, 0.29) is 6.61 Å². The number of rotatable bonds is 2. The molecule has 1 nitrogen and oxygen atoms in total. The molecule has 0 aliphatic heterocycles. The average Bonchev–Trinajstić information content (AvgIpc) is 2.07. The smallest absolute Gasteiger partial charge is 0.148 e. The molecule has 0 aromatic heterocycles. The summed E-state index contributed by atoms with van der Waals surface area (Å²) in [7, 11) is 0. The van der Waals surface area contributed by atoms with Gasteiger partial charge in [0.15, 0.2) is 0 Å². The van der Waals surface area contributed by atoms with Gasteiger partial charge < -0.3 is 4.74 Å². The van der Waals surface area contributed by atoms with Gasteiger partial charge in [-0.2, -0.15) is 0 Å². The van der Waals surface area contributed by atoms with E-state index in [4.69, 9.17) is 22.8 Å².